The average molecular weight is 274 g/mol. The fourth-order valence-electron chi connectivity index (χ4n) is 3.54. The van der Waals surface area contributed by atoms with Gasteiger partial charge in [-0.1, -0.05) is 13.8 Å². The van der Waals surface area contributed by atoms with Crippen molar-refractivity contribution in [2.24, 2.45) is 5.41 Å². The molecule has 2 heterocycles. The number of aromatic nitrogens is 3. The summed E-state index contributed by atoms with van der Waals surface area (Å²) in [5.74, 6) is 0.565. The van der Waals surface area contributed by atoms with Crippen molar-refractivity contribution in [3.05, 3.63) is 17.6 Å². The van der Waals surface area contributed by atoms with Crippen LogP contribution in [0, 0.1) is 19.3 Å². The van der Waals surface area contributed by atoms with Crippen LogP contribution in [0.15, 0.2) is 6.33 Å². The summed E-state index contributed by atoms with van der Waals surface area (Å²) >= 11 is 0. The number of hydrogen-bond donors (Lipinski definition) is 1. The molecule has 0 bridgehead atoms. The number of nitrogens with two attached hydrogens (primary N) is 1. The number of nitrogens with zero attached hydrogens (tertiary/aromatic N) is 3. The molecular formula is C15H22N4O. The van der Waals surface area contributed by atoms with E-state index in [1.54, 1.807) is 13.4 Å². The minimum absolute atomic E-state index is 0.0949. The van der Waals surface area contributed by atoms with Gasteiger partial charge >= 0.3 is 0 Å². The van der Waals surface area contributed by atoms with E-state index in [9.17, 15) is 0 Å². The zero-order chi connectivity index (χ0) is 14.7. The molecule has 1 aliphatic carbocycles. The molecule has 0 aromatic carbocycles. The van der Waals surface area contributed by atoms with Crippen molar-refractivity contribution >= 4 is 16.9 Å². The second-order valence-electron chi connectivity index (χ2n) is 6.34. The maximum Gasteiger partial charge on any atom is 0.146 e. The Morgan fingerprint density at radius 2 is 2.05 bits per heavy atom. The molecule has 1 fully saturated rings. The maximum atomic E-state index is 6.03. The van der Waals surface area contributed by atoms with Crippen LogP contribution in [0.3, 0.4) is 0 Å². The van der Waals surface area contributed by atoms with Crippen molar-refractivity contribution < 1.29 is 4.74 Å². The Balaban J connectivity index is 2.19. The minimum Gasteiger partial charge on any atom is -0.383 e. The van der Waals surface area contributed by atoms with E-state index in [2.05, 4.69) is 42.2 Å². The second-order valence-corrected chi connectivity index (χ2v) is 6.34. The molecule has 2 aromatic heterocycles. The topological polar surface area (TPSA) is 66.0 Å². The molecule has 2 N–H and O–H groups in total. The van der Waals surface area contributed by atoms with Crippen LogP contribution in [-0.2, 0) is 4.74 Å². The van der Waals surface area contributed by atoms with Gasteiger partial charge in [0.25, 0.3) is 0 Å². The summed E-state index contributed by atoms with van der Waals surface area (Å²) in [6.45, 7) is 8.72. The van der Waals surface area contributed by atoms with Gasteiger partial charge in [-0.2, -0.15) is 0 Å². The number of anilines is 1. The third kappa shape index (κ3) is 1.53. The van der Waals surface area contributed by atoms with Crippen LogP contribution in [0.1, 0.15) is 37.6 Å². The Labute approximate surface area is 119 Å². The molecule has 0 spiro atoms. The van der Waals surface area contributed by atoms with Gasteiger partial charge in [0.05, 0.1) is 11.5 Å². The van der Waals surface area contributed by atoms with E-state index in [1.165, 1.54) is 11.3 Å². The molecule has 0 saturated heterocycles. The van der Waals surface area contributed by atoms with Crippen molar-refractivity contribution in [1.82, 2.24) is 14.5 Å². The number of nitrogen functional groups attached to an aromatic ring is 1. The summed E-state index contributed by atoms with van der Waals surface area (Å²) < 4.78 is 7.88. The van der Waals surface area contributed by atoms with E-state index in [-0.39, 0.29) is 5.41 Å². The molecule has 108 valence electrons. The van der Waals surface area contributed by atoms with Gasteiger partial charge in [0.1, 0.15) is 17.8 Å². The van der Waals surface area contributed by atoms with E-state index >= 15 is 0 Å². The molecule has 20 heavy (non-hydrogen) atoms. The quantitative estimate of drug-likeness (QED) is 0.914. The van der Waals surface area contributed by atoms with Crippen LogP contribution >= 0.6 is 0 Å². The Morgan fingerprint density at radius 3 is 2.65 bits per heavy atom. The summed E-state index contributed by atoms with van der Waals surface area (Å²) in [6, 6.07) is 0.387. The van der Waals surface area contributed by atoms with Gasteiger partial charge < -0.3 is 15.0 Å². The molecule has 2 unspecified atom stereocenters. The van der Waals surface area contributed by atoms with Gasteiger partial charge in [0.15, 0.2) is 0 Å². The highest BCUT2D eigenvalue weighted by molar-refractivity contribution is 5.90. The summed E-state index contributed by atoms with van der Waals surface area (Å²) in [6.07, 6.45) is 2.85. The second kappa shape index (κ2) is 4.19. The number of hydrogen-bond acceptors (Lipinski definition) is 4. The van der Waals surface area contributed by atoms with Crippen LogP contribution < -0.4 is 5.73 Å². The molecule has 0 radical (unpaired) electrons. The monoisotopic (exact) mass is 274 g/mol. The molecule has 2 atom stereocenters. The number of ether oxygens (including phenoxy) is 1. The van der Waals surface area contributed by atoms with Crippen molar-refractivity contribution in [3.8, 4) is 0 Å². The first-order valence-corrected chi connectivity index (χ1v) is 7.00. The Bertz CT molecular complexity index is 674. The van der Waals surface area contributed by atoms with Crippen molar-refractivity contribution in [2.45, 2.75) is 46.3 Å². The smallest absolute Gasteiger partial charge is 0.146 e. The Morgan fingerprint density at radius 1 is 1.35 bits per heavy atom. The molecule has 1 aliphatic rings. The third-order valence-corrected chi connectivity index (χ3v) is 5.09. The van der Waals surface area contributed by atoms with Crippen molar-refractivity contribution in [3.63, 3.8) is 0 Å². The molecule has 1 saturated carbocycles. The standard InChI is InChI=1S/C15H22N4O/c1-8-9(2)19(10-6-11(20-5)15(10,3)4)14-12(8)13(16)17-7-18-14/h7,10-11H,6H2,1-5H3,(H2,16,17,18). The molecule has 5 heteroatoms. The zero-order valence-electron chi connectivity index (χ0n) is 12.8. The fraction of sp³-hybridized carbons (Fsp3) is 0.600. The number of rotatable bonds is 2. The molecule has 0 aliphatic heterocycles. The van der Waals surface area contributed by atoms with E-state index in [4.69, 9.17) is 10.5 Å². The fourth-order valence-corrected chi connectivity index (χ4v) is 3.54. The lowest BCUT2D eigenvalue weighted by atomic mass is 9.64. The van der Waals surface area contributed by atoms with Gasteiger partial charge in [0, 0.05) is 24.3 Å². The van der Waals surface area contributed by atoms with E-state index in [1.807, 2.05) is 0 Å². The molecular weight excluding hydrogens is 252 g/mol. The summed E-state index contributed by atoms with van der Waals surface area (Å²) in [5, 5.41) is 0.988. The van der Waals surface area contributed by atoms with Gasteiger partial charge in [-0.15, -0.1) is 0 Å². The highest BCUT2D eigenvalue weighted by Crippen LogP contribution is 2.52. The van der Waals surface area contributed by atoms with E-state index in [0.29, 0.717) is 18.0 Å². The third-order valence-electron chi connectivity index (χ3n) is 5.09. The summed E-state index contributed by atoms with van der Waals surface area (Å²) in [7, 11) is 1.79. The van der Waals surface area contributed by atoms with Crippen LogP contribution in [0.4, 0.5) is 5.82 Å². The van der Waals surface area contributed by atoms with E-state index < -0.39 is 0 Å². The van der Waals surface area contributed by atoms with E-state index in [0.717, 1.165) is 17.5 Å². The maximum absolute atomic E-state index is 6.03. The highest BCUT2D eigenvalue weighted by Gasteiger charge is 2.50. The minimum atomic E-state index is 0.0949. The Kier molecular flexibility index (Phi) is 2.80. The lowest BCUT2D eigenvalue weighted by molar-refractivity contribution is -0.112. The lowest BCUT2D eigenvalue weighted by Crippen LogP contribution is -2.51. The first-order valence-electron chi connectivity index (χ1n) is 7.00. The van der Waals surface area contributed by atoms with Gasteiger partial charge in [0.2, 0.25) is 0 Å². The Hall–Kier alpha value is -1.62. The first kappa shape index (κ1) is 13.4. The van der Waals surface area contributed by atoms with Gasteiger partial charge in [-0.25, -0.2) is 9.97 Å². The molecule has 0 amide bonds. The number of fused-ring (bicyclic) bond motifs is 1. The predicted molar refractivity (Wildman–Crippen MR) is 79.6 cm³/mol. The largest absolute Gasteiger partial charge is 0.383 e. The summed E-state index contributed by atoms with van der Waals surface area (Å²) in [5.41, 5.74) is 9.47. The molecule has 3 rings (SSSR count). The van der Waals surface area contributed by atoms with Crippen LogP contribution in [0.25, 0.3) is 11.0 Å². The first-order chi connectivity index (χ1) is 9.39. The van der Waals surface area contributed by atoms with Crippen LogP contribution in [0.2, 0.25) is 0 Å². The number of methoxy groups -OCH3 is 1. The van der Waals surface area contributed by atoms with Crippen LogP contribution in [0.5, 0.6) is 0 Å². The normalized spacial score (nSPS) is 24.9. The zero-order valence-corrected chi connectivity index (χ0v) is 12.8. The van der Waals surface area contributed by atoms with Gasteiger partial charge in [-0.05, 0) is 25.8 Å². The predicted octanol–water partition coefficient (Wildman–Crippen LogP) is 2.62. The molecule has 5 nitrogen and oxygen atoms in total. The average Bonchev–Trinajstić information content (AvgIpc) is 2.64. The highest BCUT2D eigenvalue weighted by atomic mass is 16.5. The summed E-state index contributed by atoms with van der Waals surface area (Å²) in [4.78, 5) is 8.60. The van der Waals surface area contributed by atoms with Gasteiger partial charge in [-0.3, -0.25) is 0 Å². The molecule has 2 aromatic rings. The lowest BCUT2D eigenvalue weighted by Gasteiger charge is -2.52. The van der Waals surface area contributed by atoms with Crippen molar-refractivity contribution in [1.29, 1.82) is 0 Å². The van der Waals surface area contributed by atoms with Crippen molar-refractivity contribution in [2.75, 3.05) is 12.8 Å². The number of aryl methyl sites for hydroxylation is 1. The SMILES string of the molecule is COC1CC(n2c(C)c(C)c3c(N)ncnc32)C1(C)C. The van der Waals surface area contributed by atoms with Crippen LogP contribution in [-0.4, -0.2) is 27.7 Å².